The maximum absolute atomic E-state index is 11.0. The highest BCUT2D eigenvalue weighted by molar-refractivity contribution is 5.76. The predicted molar refractivity (Wildman–Crippen MR) is 60.6 cm³/mol. The summed E-state index contributed by atoms with van der Waals surface area (Å²) in [6.45, 7) is 5.50. The molecule has 2 N–H and O–H groups in total. The van der Waals surface area contributed by atoms with Gasteiger partial charge in [-0.15, -0.1) is 0 Å². The first-order chi connectivity index (χ1) is 7.08. The Bertz CT molecular complexity index is 240. The van der Waals surface area contributed by atoms with E-state index in [1.54, 1.807) is 0 Å². The normalized spacial score (nSPS) is 35.2. The largest absolute Gasteiger partial charge is 0.355 e. The van der Waals surface area contributed by atoms with Gasteiger partial charge in [-0.05, 0) is 24.7 Å². The van der Waals surface area contributed by atoms with Crippen molar-refractivity contribution in [1.82, 2.24) is 10.6 Å². The molecular weight excluding hydrogens is 188 g/mol. The lowest BCUT2D eigenvalue weighted by Gasteiger charge is -2.33. The van der Waals surface area contributed by atoms with Gasteiger partial charge < -0.3 is 10.6 Å². The fraction of sp³-hybridized carbons (Fsp3) is 0.917. The molecule has 0 bridgehead atoms. The first-order valence-electron chi connectivity index (χ1n) is 6.11. The molecule has 0 aromatic heterocycles. The molecule has 1 amide bonds. The minimum Gasteiger partial charge on any atom is -0.355 e. The molecule has 2 rings (SSSR count). The topological polar surface area (TPSA) is 41.1 Å². The van der Waals surface area contributed by atoms with Crippen LogP contribution in [-0.2, 0) is 4.79 Å². The molecule has 0 spiro atoms. The average molecular weight is 210 g/mol. The first kappa shape index (κ1) is 10.9. The van der Waals surface area contributed by atoms with Gasteiger partial charge in [-0.3, -0.25) is 4.79 Å². The zero-order chi connectivity index (χ0) is 10.9. The fourth-order valence-electron chi connectivity index (χ4n) is 2.80. The van der Waals surface area contributed by atoms with Crippen LogP contribution in [-0.4, -0.2) is 24.5 Å². The molecular formula is C12H22N2O. The Kier molecular flexibility index (Phi) is 3.01. The summed E-state index contributed by atoms with van der Waals surface area (Å²) in [5.41, 5.74) is 0.432. The number of piperidine rings is 1. The van der Waals surface area contributed by atoms with Crippen molar-refractivity contribution in [2.75, 3.05) is 6.54 Å². The van der Waals surface area contributed by atoms with Crippen molar-refractivity contribution in [2.24, 2.45) is 5.41 Å². The van der Waals surface area contributed by atoms with E-state index in [9.17, 15) is 4.79 Å². The highest BCUT2D eigenvalue weighted by Gasteiger charge is 2.35. The van der Waals surface area contributed by atoms with Gasteiger partial charge in [0, 0.05) is 25.0 Å². The number of carbonyl (C=O) groups is 1. The van der Waals surface area contributed by atoms with Crippen LogP contribution in [0.15, 0.2) is 0 Å². The van der Waals surface area contributed by atoms with Crippen LogP contribution in [0.1, 0.15) is 46.0 Å². The molecule has 3 heteroatoms. The summed E-state index contributed by atoms with van der Waals surface area (Å²) in [4.78, 5) is 11.0. The minimum absolute atomic E-state index is 0.207. The summed E-state index contributed by atoms with van der Waals surface area (Å²) in [7, 11) is 0. The van der Waals surface area contributed by atoms with Crippen LogP contribution in [0.5, 0.6) is 0 Å². The van der Waals surface area contributed by atoms with Gasteiger partial charge in [-0.25, -0.2) is 0 Å². The quantitative estimate of drug-likeness (QED) is 0.724. The molecule has 0 radical (unpaired) electrons. The summed E-state index contributed by atoms with van der Waals surface area (Å²) in [6.07, 6.45) is 5.63. The molecule has 2 fully saturated rings. The highest BCUT2D eigenvalue weighted by atomic mass is 16.1. The standard InChI is InChI=1S/C12H22N2O/c1-12(2)7-3-4-10(12)14-9-5-6-11(15)13-8-9/h9-10,14H,3-8H2,1-2H3,(H,13,15). The van der Waals surface area contributed by atoms with Gasteiger partial charge in [0.25, 0.3) is 0 Å². The maximum Gasteiger partial charge on any atom is 0.220 e. The number of nitrogens with one attached hydrogen (secondary N) is 2. The zero-order valence-corrected chi connectivity index (χ0v) is 9.81. The first-order valence-corrected chi connectivity index (χ1v) is 6.11. The van der Waals surface area contributed by atoms with E-state index in [-0.39, 0.29) is 5.91 Å². The molecule has 1 aliphatic carbocycles. The SMILES string of the molecule is CC1(C)CCCC1NC1CCC(=O)NC1. The molecule has 1 aliphatic heterocycles. The third-order valence-corrected chi connectivity index (χ3v) is 3.96. The molecule has 1 saturated carbocycles. The van der Waals surface area contributed by atoms with E-state index in [1.807, 2.05) is 0 Å². The average Bonchev–Trinajstić information content (AvgIpc) is 2.50. The molecule has 0 aromatic carbocycles. The van der Waals surface area contributed by atoms with Crippen LogP contribution >= 0.6 is 0 Å². The Morgan fingerprint density at radius 3 is 2.73 bits per heavy atom. The lowest BCUT2D eigenvalue weighted by Crippen LogP contribution is -2.51. The van der Waals surface area contributed by atoms with Gasteiger partial charge in [-0.1, -0.05) is 20.3 Å². The van der Waals surface area contributed by atoms with E-state index in [2.05, 4.69) is 24.5 Å². The minimum atomic E-state index is 0.207. The number of rotatable bonds is 2. The molecule has 15 heavy (non-hydrogen) atoms. The van der Waals surface area contributed by atoms with E-state index in [0.717, 1.165) is 13.0 Å². The monoisotopic (exact) mass is 210 g/mol. The van der Waals surface area contributed by atoms with Crippen molar-refractivity contribution in [1.29, 1.82) is 0 Å². The number of carbonyl (C=O) groups excluding carboxylic acids is 1. The molecule has 86 valence electrons. The number of hydrogen-bond donors (Lipinski definition) is 2. The van der Waals surface area contributed by atoms with E-state index >= 15 is 0 Å². The van der Waals surface area contributed by atoms with Gasteiger partial charge in [-0.2, -0.15) is 0 Å². The Morgan fingerprint density at radius 2 is 2.20 bits per heavy atom. The van der Waals surface area contributed by atoms with Crippen LogP contribution in [0, 0.1) is 5.41 Å². The maximum atomic E-state index is 11.0. The zero-order valence-electron chi connectivity index (χ0n) is 9.81. The third kappa shape index (κ3) is 2.51. The highest BCUT2D eigenvalue weighted by Crippen LogP contribution is 2.37. The predicted octanol–water partition coefficient (Wildman–Crippen LogP) is 1.43. The molecule has 2 unspecified atom stereocenters. The summed E-state index contributed by atoms with van der Waals surface area (Å²) < 4.78 is 0. The van der Waals surface area contributed by atoms with Crippen LogP contribution in [0.25, 0.3) is 0 Å². The van der Waals surface area contributed by atoms with Crippen molar-refractivity contribution >= 4 is 5.91 Å². The Morgan fingerprint density at radius 1 is 1.40 bits per heavy atom. The van der Waals surface area contributed by atoms with Crippen molar-refractivity contribution in [3.63, 3.8) is 0 Å². The second-order valence-corrected chi connectivity index (χ2v) is 5.64. The van der Waals surface area contributed by atoms with E-state index in [4.69, 9.17) is 0 Å². The lowest BCUT2D eigenvalue weighted by atomic mass is 9.86. The van der Waals surface area contributed by atoms with E-state index in [1.165, 1.54) is 19.3 Å². The molecule has 0 aromatic rings. The molecule has 1 heterocycles. The summed E-state index contributed by atoms with van der Waals surface area (Å²) in [6, 6.07) is 1.13. The Hall–Kier alpha value is -0.570. The molecule has 2 aliphatic rings. The van der Waals surface area contributed by atoms with Gasteiger partial charge in [0.15, 0.2) is 0 Å². The van der Waals surface area contributed by atoms with Gasteiger partial charge >= 0.3 is 0 Å². The van der Waals surface area contributed by atoms with Crippen molar-refractivity contribution in [2.45, 2.75) is 58.0 Å². The third-order valence-electron chi connectivity index (χ3n) is 3.96. The van der Waals surface area contributed by atoms with Crippen LogP contribution in [0.3, 0.4) is 0 Å². The van der Waals surface area contributed by atoms with Crippen molar-refractivity contribution in [3.05, 3.63) is 0 Å². The van der Waals surface area contributed by atoms with Crippen LogP contribution < -0.4 is 10.6 Å². The summed E-state index contributed by atoms with van der Waals surface area (Å²) in [5, 5.41) is 6.65. The summed E-state index contributed by atoms with van der Waals surface area (Å²) >= 11 is 0. The number of hydrogen-bond acceptors (Lipinski definition) is 2. The Balaban J connectivity index is 1.84. The molecule has 1 saturated heterocycles. The van der Waals surface area contributed by atoms with E-state index in [0.29, 0.717) is 23.9 Å². The molecule has 3 nitrogen and oxygen atoms in total. The van der Waals surface area contributed by atoms with Crippen LogP contribution in [0.2, 0.25) is 0 Å². The van der Waals surface area contributed by atoms with Crippen LogP contribution in [0.4, 0.5) is 0 Å². The summed E-state index contributed by atoms with van der Waals surface area (Å²) in [5.74, 6) is 0.207. The number of amides is 1. The lowest BCUT2D eigenvalue weighted by molar-refractivity contribution is -0.122. The van der Waals surface area contributed by atoms with E-state index < -0.39 is 0 Å². The Labute approximate surface area is 92.0 Å². The van der Waals surface area contributed by atoms with Crippen molar-refractivity contribution < 1.29 is 4.79 Å². The molecule has 2 atom stereocenters. The van der Waals surface area contributed by atoms with Gasteiger partial charge in [0.2, 0.25) is 5.91 Å². The van der Waals surface area contributed by atoms with Gasteiger partial charge in [0.05, 0.1) is 0 Å². The second kappa shape index (κ2) is 4.12. The van der Waals surface area contributed by atoms with Gasteiger partial charge in [0.1, 0.15) is 0 Å². The fourth-order valence-corrected chi connectivity index (χ4v) is 2.80. The van der Waals surface area contributed by atoms with Crippen molar-refractivity contribution in [3.8, 4) is 0 Å². The second-order valence-electron chi connectivity index (χ2n) is 5.64. The smallest absolute Gasteiger partial charge is 0.220 e.